The molecule has 1 aromatic heterocycles. The summed E-state index contributed by atoms with van der Waals surface area (Å²) < 4.78 is 5.49. The van der Waals surface area contributed by atoms with Crippen LogP contribution in [0.2, 0.25) is 0 Å². The molecule has 184 valence electrons. The van der Waals surface area contributed by atoms with E-state index in [1.165, 1.54) is 0 Å². The van der Waals surface area contributed by atoms with E-state index in [1.807, 2.05) is 66.7 Å². The van der Waals surface area contributed by atoms with Gasteiger partial charge >= 0.3 is 0 Å². The number of hydrogen-bond acceptors (Lipinski definition) is 3. The van der Waals surface area contributed by atoms with Crippen LogP contribution in [0.15, 0.2) is 72.8 Å². The van der Waals surface area contributed by atoms with E-state index in [4.69, 9.17) is 4.74 Å². The minimum Gasteiger partial charge on any atom is -0.497 e. The van der Waals surface area contributed by atoms with Crippen molar-refractivity contribution in [1.82, 2.24) is 15.2 Å². The second-order valence-corrected chi connectivity index (χ2v) is 9.65. The van der Waals surface area contributed by atoms with E-state index in [1.54, 1.807) is 12.0 Å². The number of hydrogen-bond donors (Lipinski definition) is 2. The van der Waals surface area contributed by atoms with Crippen molar-refractivity contribution in [3.63, 3.8) is 0 Å². The van der Waals surface area contributed by atoms with Crippen molar-refractivity contribution in [2.24, 2.45) is 5.92 Å². The van der Waals surface area contributed by atoms with Gasteiger partial charge in [-0.25, -0.2) is 0 Å². The lowest BCUT2D eigenvalue weighted by atomic mass is 9.93. The molecule has 1 aliphatic rings. The lowest BCUT2D eigenvalue weighted by molar-refractivity contribution is -0.122. The first kappa shape index (κ1) is 23.7. The van der Waals surface area contributed by atoms with Gasteiger partial charge in [-0.1, -0.05) is 62.4 Å². The fourth-order valence-corrected chi connectivity index (χ4v) is 5.01. The number of benzene rings is 3. The predicted octanol–water partition coefficient (Wildman–Crippen LogP) is 5.55. The molecule has 6 nitrogen and oxygen atoms in total. The molecule has 0 saturated carbocycles. The number of methoxy groups -OCH3 is 1. The Kier molecular flexibility index (Phi) is 6.51. The summed E-state index contributed by atoms with van der Waals surface area (Å²) in [6.45, 7) is 4.84. The van der Waals surface area contributed by atoms with Crippen LogP contribution in [-0.2, 0) is 4.79 Å². The number of amides is 2. The molecule has 4 aromatic rings. The molecule has 0 aliphatic carbocycles. The Morgan fingerprint density at radius 1 is 1.06 bits per heavy atom. The second kappa shape index (κ2) is 9.90. The Balaban J connectivity index is 1.63. The third-order valence-corrected chi connectivity index (χ3v) is 6.79. The lowest BCUT2D eigenvalue weighted by Crippen LogP contribution is -2.40. The van der Waals surface area contributed by atoms with Crippen LogP contribution in [0.3, 0.4) is 0 Å². The lowest BCUT2D eigenvalue weighted by Gasteiger charge is -2.26. The minimum atomic E-state index is -0.401. The number of carbonyl (C=O) groups excluding carboxylic acids is 2. The molecular formula is C30H31N3O3. The van der Waals surface area contributed by atoms with Gasteiger partial charge in [0.05, 0.1) is 18.8 Å². The van der Waals surface area contributed by atoms with Gasteiger partial charge in [-0.2, -0.15) is 0 Å². The second-order valence-electron chi connectivity index (χ2n) is 9.65. The molecule has 2 heterocycles. The number of rotatable bonds is 8. The molecule has 0 fully saturated rings. The van der Waals surface area contributed by atoms with Crippen LogP contribution < -0.4 is 10.1 Å². The van der Waals surface area contributed by atoms with E-state index in [9.17, 15) is 9.59 Å². The predicted molar refractivity (Wildman–Crippen MR) is 142 cm³/mol. The molecule has 0 radical (unpaired) electrons. The van der Waals surface area contributed by atoms with Crippen LogP contribution in [0.4, 0.5) is 0 Å². The third-order valence-electron chi connectivity index (χ3n) is 6.79. The first-order chi connectivity index (χ1) is 17.5. The van der Waals surface area contributed by atoms with E-state index in [0.29, 0.717) is 18.0 Å². The zero-order chi connectivity index (χ0) is 25.2. The van der Waals surface area contributed by atoms with Gasteiger partial charge in [-0.3, -0.25) is 9.59 Å². The van der Waals surface area contributed by atoms with E-state index < -0.39 is 6.04 Å². The molecule has 6 heteroatoms. The van der Waals surface area contributed by atoms with Crippen molar-refractivity contribution in [2.45, 2.75) is 26.3 Å². The van der Waals surface area contributed by atoms with Gasteiger partial charge < -0.3 is 19.9 Å². The summed E-state index contributed by atoms with van der Waals surface area (Å²) in [4.78, 5) is 31.9. The summed E-state index contributed by atoms with van der Waals surface area (Å²) in [5, 5.41) is 4.02. The smallest absolute Gasteiger partial charge is 0.255 e. The van der Waals surface area contributed by atoms with Crippen LogP contribution in [-0.4, -0.2) is 41.9 Å². The van der Waals surface area contributed by atoms with Gasteiger partial charge in [0.1, 0.15) is 12.3 Å². The van der Waals surface area contributed by atoms with Gasteiger partial charge in [0, 0.05) is 34.1 Å². The summed E-state index contributed by atoms with van der Waals surface area (Å²) >= 11 is 0. The van der Waals surface area contributed by atoms with Gasteiger partial charge in [0.25, 0.3) is 5.91 Å². The Morgan fingerprint density at radius 2 is 1.83 bits per heavy atom. The Morgan fingerprint density at radius 3 is 2.64 bits per heavy atom. The number of para-hydroxylation sites is 1. The first-order valence-corrected chi connectivity index (χ1v) is 12.4. The minimum absolute atomic E-state index is 0.00661. The maximum absolute atomic E-state index is 13.6. The molecule has 3 aromatic carbocycles. The molecule has 0 spiro atoms. The van der Waals surface area contributed by atoms with E-state index in [0.717, 1.165) is 45.5 Å². The zero-order valence-corrected chi connectivity index (χ0v) is 20.9. The van der Waals surface area contributed by atoms with Gasteiger partial charge in [-0.15, -0.1) is 0 Å². The Bertz CT molecular complexity index is 1420. The quantitative estimate of drug-likeness (QED) is 0.346. The Hall–Kier alpha value is -4.06. The number of H-pyrrole nitrogens is 1. The maximum Gasteiger partial charge on any atom is 0.255 e. The first-order valence-electron chi connectivity index (χ1n) is 12.4. The highest BCUT2D eigenvalue weighted by molar-refractivity contribution is 6.03. The number of ether oxygens (including phenoxy) is 1. The molecule has 36 heavy (non-hydrogen) atoms. The SMILES string of the molecule is COc1cccc(-c2[nH]c3ccccc3c2C2c3ccccc3C(=O)N2CC(=O)NCCC(C)C)c1. The summed E-state index contributed by atoms with van der Waals surface area (Å²) in [6, 6.07) is 23.2. The summed E-state index contributed by atoms with van der Waals surface area (Å²) in [5.41, 5.74) is 5.37. The van der Waals surface area contributed by atoms with E-state index >= 15 is 0 Å². The molecule has 5 rings (SSSR count). The number of carbonyl (C=O) groups is 2. The number of fused-ring (bicyclic) bond motifs is 2. The van der Waals surface area contributed by atoms with Gasteiger partial charge in [0.15, 0.2) is 0 Å². The summed E-state index contributed by atoms with van der Waals surface area (Å²) in [6.07, 6.45) is 0.895. The van der Waals surface area contributed by atoms with Crippen LogP contribution >= 0.6 is 0 Å². The Labute approximate surface area is 211 Å². The van der Waals surface area contributed by atoms with E-state index in [2.05, 4.69) is 30.2 Å². The molecule has 1 aliphatic heterocycles. The van der Waals surface area contributed by atoms with Gasteiger partial charge in [0.2, 0.25) is 5.91 Å². The average molecular weight is 482 g/mol. The number of aromatic nitrogens is 1. The van der Waals surface area contributed by atoms with Crippen molar-refractivity contribution in [3.8, 4) is 17.0 Å². The molecule has 2 N–H and O–H groups in total. The van der Waals surface area contributed by atoms with Crippen LogP contribution in [0.5, 0.6) is 5.75 Å². The highest BCUT2D eigenvalue weighted by Gasteiger charge is 2.40. The maximum atomic E-state index is 13.6. The standard InChI is InChI=1S/C30H31N3O3/c1-19(2)15-16-31-26(34)18-33-29(22-11-4-5-12-23(22)30(33)35)27-24-13-6-7-14-25(24)32-28(27)20-9-8-10-21(17-20)36-3/h4-14,17,19,29,32H,15-16,18H2,1-3H3,(H,31,34). The fraction of sp³-hybridized carbons (Fsp3) is 0.267. The highest BCUT2D eigenvalue weighted by atomic mass is 16.5. The van der Waals surface area contributed by atoms with Crippen molar-refractivity contribution >= 4 is 22.7 Å². The molecule has 1 unspecified atom stereocenters. The monoisotopic (exact) mass is 481 g/mol. The fourth-order valence-electron chi connectivity index (χ4n) is 5.01. The average Bonchev–Trinajstić information content (AvgIpc) is 3.39. The number of aromatic amines is 1. The van der Waals surface area contributed by atoms with E-state index in [-0.39, 0.29) is 18.4 Å². The number of nitrogens with zero attached hydrogens (tertiary/aromatic N) is 1. The molecule has 2 amide bonds. The summed E-state index contributed by atoms with van der Waals surface area (Å²) in [7, 11) is 1.65. The zero-order valence-electron chi connectivity index (χ0n) is 20.9. The normalized spacial score (nSPS) is 14.9. The molecule has 0 saturated heterocycles. The van der Waals surface area contributed by atoms with Crippen molar-refractivity contribution in [3.05, 3.63) is 89.5 Å². The highest BCUT2D eigenvalue weighted by Crippen LogP contribution is 2.45. The van der Waals surface area contributed by atoms with Gasteiger partial charge in [-0.05, 0) is 42.2 Å². The topological polar surface area (TPSA) is 74.4 Å². The van der Waals surface area contributed by atoms with Crippen molar-refractivity contribution in [1.29, 1.82) is 0 Å². The van der Waals surface area contributed by atoms with Crippen molar-refractivity contribution < 1.29 is 14.3 Å². The molecular weight excluding hydrogens is 450 g/mol. The molecule has 1 atom stereocenters. The largest absolute Gasteiger partial charge is 0.497 e. The van der Waals surface area contributed by atoms with Crippen LogP contribution in [0, 0.1) is 5.92 Å². The van der Waals surface area contributed by atoms with Crippen LogP contribution in [0.1, 0.15) is 47.8 Å². The summed E-state index contributed by atoms with van der Waals surface area (Å²) in [5.74, 6) is 0.967. The molecule has 0 bridgehead atoms. The van der Waals surface area contributed by atoms with Crippen LogP contribution in [0.25, 0.3) is 22.2 Å². The van der Waals surface area contributed by atoms with Crippen molar-refractivity contribution in [2.75, 3.05) is 20.2 Å². The third kappa shape index (κ3) is 4.35. The number of nitrogens with one attached hydrogen (secondary N) is 2.